The van der Waals surface area contributed by atoms with E-state index in [0.717, 1.165) is 66.6 Å². The van der Waals surface area contributed by atoms with Gasteiger partial charge < -0.3 is 0 Å². The minimum absolute atomic E-state index is 0.0770. The van der Waals surface area contributed by atoms with E-state index in [-0.39, 0.29) is 58.2 Å². The quantitative estimate of drug-likeness (QED) is 0.205. The Labute approximate surface area is 295 Å². The van der Waals surface area contributed by atoms with Crippen molar-refractivity contribution in [2.75, 3.05) is 0 Å². The van der Waals surface area contributed by atoms with Gasteiger partial charge in [-0.15, -0.1) is 11.3 Å². The van der Waals surface area contributed by atoms with Crippen LogP contribution in [0.15, 0.2) is 9.98 Å². The van der Waals surface area contributed by atoms with Crippen LogP contribution in [0.2, 0.25) is 0 Å². The number of carbonyl (C=O) groups is 4. The molecule has 11 heteroatoms. The second-order valence-electron chi connectivity index (χ2n) is 15.7. The standard InChI is InChI=1S/C38H38N4O4S3/c1-15-25-33(47-36-35(25)49-38(42-36)41-28-31(45)23-13-19-9-5-6-10-20(19)14-24(23)32(28)46)16(2)26-34(15)48-37(39-26)40-27-29(43)21-11-17-7-3-4-8-18(17)12-22(21)30(27)44/h17-24H,3-14H2,1-2H3. The number of hydrogen-bond donors (Lipinski definition) is 0. The van der Waals surface area contributed by atoms with Crippen LogP contribution in [0.25, 0.3) is 29.8 Å². The number of nitrogens with zero attached hydrogens (tertiary/aromatic N) is 4. The van der Waals surface area contributed by atoms with Crippen LogP contribution < -0.4 is 0 Å². The van der Waals surface area contributed by atoms with E-state index in [9.17, 15) is 19.2 Å². The lowest BCUT2D eigenvalue weighted by molar-refractivity contribution is -0.123. The predicted molar refractivity (Wildman–Crippen MR) is 195 cm³/mol. The molecule has 252 valence electrons. The number of aryl methyl sites for hydroxylation is 2. The van der Waals surface area contributed by atoms with E-state index in [1.165, 1.54) is 74.0 Å². The highest BCUT2D eigenvalue weighted by atomic mass is 32.1. The number of aromatic nitrogens is 2. The van der Waals surface area contributed by atoms with Gasteiger partial charge in [0, 0.05) is 33.8 Å². The lowest BCUT2D eigenvalue weighted by Gasteiger charge is -2.39. The van der Waals surface area contributed by atoms with Crippen LogP contribution in [0, 0.1) is 61.2 Å². The van der Waals surface area contributed by atoms with Gasteiger partial charge in [-0.3, -0.25) is 19.2 Å². The number of thiazole rings is 2. The number of hydrogen-bond acceptors (Lipinski definition) is 11. The monoisotopic (exact) mass is 710 g/mol. The van der Waals surface area contributed by atoms with E-state index in [1.54, 1.807) is 11.3 Å². The van der Waals surface area contributed by atoms with Gasteiger partial charge in [0.05, 0.1) is 14.9 Å². The van der Waals surface area contributed by atoms with Crippen molar-refractivity contribution in [3.05, 3.63) is 11.1 Å². The summed E-state index contributed by atoms with van der Waals surface area (Å²) in [6, 6.07) is 0. The minimum atomic E-state index is -0.214. The Hall–Kier alpha value is -3.02. The van der Waals surface area contributed by atoms with Gasteiger partial charge >= 0.3 is 0 Å². The van der Waals surface area contributed by atoms with Crippen molar-refractivity contribution in [2.45, 2.75) is 90.9 Å². The first-order valence-electron chi connectivity index (χ1n) is 18.2. The Balaban J connectivity index is 0.982. The molecule has 8 unspecified atom stereocenters. The second kappa shape index (κ2) is 11.2. The summed E-state index contributed by atoms with van der Waals surface area (Å²) in [4.78, 5) is 74.0. The van der Waals surface area contributed by atoms with Crippen LogP contribution >= 0.6 is 34.0 Å². The molecule has 0 N–H and O–H groups in total. The average Bonchev–Trinajstić information content (AvgIpc) is 3.90. The van der Waals surface area contributed by atoms with Gasteiger partial charge in [-0.25, -0.2) is 20.0 Å². The van der Waals surface area contributed by atoms with Crippen molar-refractivity contribution < 1.29 is 19.2 Å². The maximum absolute atomic E-state index is 13.5. The van der Waals surface area contributed by atoms with Gasteiger partial charge in [0.25, 0.3) is 0 Å². The third-order valence-electron chi connectivity index (χ3n) is 13.3. The molecule has 0 saturated heterocycles. The Morgan fingerprint density at radius 1 is 0.531 bits per heavy atom. The number of aliphatic imine (C=N–C) groups is 2. The van der Waals surface area contributed by atoms with E-state index >= 15 is 0 Å². The lowest BCUT2D eigenvalue weighted by atomic mass is 9.64. The van der Waals surface area contributed by atoms with Gasteiger partial charge in [0.1, 0.15) is 4.83 Å². The molecule has 0 spiro atoms. The molecular formula is C38H38N4O4S3. The zero-order valence-corrected chi connectivity index (χ0v) is 30.2. The van der Waals surface area contributed by atoms with Gasteiger partial charge in [-0.1, -0.05) is 74.0 Å². The molecule has 0 radical (unpaired) electrons. The third kappa shape index (κ3) is 4.56. The van der Waals surface area contributed by atoms with Crippen LogP contribution in [-0.4, -0.2) is 44.5 Å². The summed E-state index contributed by atoms with van der Waals surface area (Å²) in [5.74, 6) is 1.10. The van der Waals surface area contributed by atoms with E-state index < -0.39 is 0 Å². The molecule has 8 nitrogen and oxygen atoms in total. The molecule has 0 amide bonds. The molecule has 10 rings (SSSR count). The molecular weight excluding hydrogens is 673 g/mol. The first-order valence-corrected chi connectivity index (χ1v) is 20.7. The lowest BCUT2D eigenvalue weighted by Crippen LogP contribution is -2.35. The minimum Gasteiger partial charge on any atom is -0.292 e. The maximum atomic E-state index is 13.5. The Morgan fingerprint density at radius 2 is 0.959 bits per heavy atom. The summed E-state index contributed by atoms with van der Waals surface area (Å²) in [7, 11) is 0. The SMILES string of the molecule is Cc1c2nc(N=C3C(=O)C4CC5CCCCC5CC4C3=O)sc2c(C)c2c1sc1nc(N=C3C(=O)C4CC5CCCCC5CC4C3=O)sc12. The number of fused-ring (bicyclic) bond motifs is 8. The Morgan fingerprint density at radius 3 is 1.43 bits per heavy atom. The van der Waals surface area contributed by atoms with Gasteiger partial charge in [-0.2, -0.15) is 0 Å². The van der Waals surface area contributed by atoms with Crippen molar-refractivity contribution in [2.24, 2.45) is 57.3 Å². The van der Waals surface area contributed by atoms with Gasteiger partial charge in [0.15, 0.2) is 34.6 Å². The number of carbonyl (C=O) groups excluding carboxylic acids is 4. The first-order chi connectivity index (χ1) is 23.7. The zero-order valence-electron chi connectivity index (χ0n) is 27.8. The van der Waals surface area contributed by atoms with Crippen molar-refractivity contribution in [3.8, 4) is 0 Å². The summed E-state index contributed by atoms with van der Waals surface area (Å²) in [5, 5.41) is 2.00. The zero-order chi connectivity index (χ0) is 33.3. The Kier molecular flexibility index (Phi) is 7.06. The molecule has 3 heterocycles. The smallest absolute Gasteiger partial charge is 0.211 e. The first kappa shape index (κ1) is 30.8. The van der Waals surface area contributed by atoms with Gasteiger partial charge in [-0.05, 0) is 74.3 Å². The summed E-state index contributed by atoms with van der Waals surface area (Å²) in [5.41, 5.74) is 3.13. The molecule has 6 aliphatic carbocycles. The maximum Gasteiger partial charge on any atom is 0.211 e. The average molecular weight is 711 g/mol. The second-order valence-corrected chi connectivity index (χ2v) is 18.7. The number of Topliss-reactive ketones (excluding diaryl/α,β-unsaturated/α-hetero) is 4. The molecule has 8 atom stereocenters. The highest BCUT2D eigenvalue weighted by molar-refractivity contribution is 7.33. The van der Waals surface area contributed by atoms with Crippen molar-refractivity contribution in [1.29, 1.82) is 0 Å². The Bertz CT molecular complexity index is 2150. The largest absolute Gasteiger partial charge is 0.292 e. The normalized spacial score (nSPS) is 33.0. The molecule has 49 heavy (non-hydrogen) atoms. The van der Waals surface area contributed by atoms with Crippen molar-refractivity contribution >= 4 is 109 Å². The molecule has 6 saturated carbocycles. The van der Waals surface area contributed by atoms with E-state index in [2.05, 4.69) is 23.8 Å². The number of rotatable bonds is 2. The fraction of sp³-hybridized carbons (Fsp3) is 0.579. The summed E-state index contributed by atoms with van der Waals surface area (Å²) >= 11 is 4.45. The molecule has 4 aromatic rings. The van der Waals surface area contributed by atoms with Crippen LogP contribution in [-0.2, 0) is 19.2 Å². The molecule has 3 aromatic heterocycles. The van der Waals surface area contributed by atoms with E-state index in [1.807, 2.05) is 0 Å². The molecule has 0 aliphatic heterocycles. The molecule has 6 aliphatic rings. The number of benzene rings is 1. The van der Waals surface area contributed by atoms with Crippen LogP contribution in [0.5, 0.6) is 0 Å². The third-order valence-corrected chi connectivity index (χ3v) is 16.7. The fourth-order valence-electron chi connectivity index (χ4n) is 10.8. The summed E-state index contributed by atoms with van der Waals surface area (Å²) in [6.07, 6.45) is 12.9. The van der Waals surface area contributed by atoms with Crippen LogP contribution in [0.3, 0.4) is 0 Å². The summed E-state index contributed by atoms with van der Waals surface area (Å²) < 4.78 is 3.07. The van der Waals surface area contributed by atoms with Gasteiger partial charge in [0.2, 0.25) is 10.3 Å². The fourth-order valence-corrected chi connectivity index (χ4v) is 14.3. The highest BCUT2D eigenvalue weighted by Gasteiger charge is 2.53. The van der Waals surface area contributed by atoms with Crippen molar-refractivity contribution in [3.63, 3.8) is 0 Å². The molecule has 0 bridgehead atoms. The van der Waals surface area contributed by atoms with E-state index in [0.29, 0.717) is 33.9 Å². The van der Waals surface area contributed by atoms with Crippen LogP contribution in [0.1, 0.15) is 88.2 Å². The highest BCUT2D eigenvalue weighted by Crippen LogP contribution is 2.51. The number of thiophene rings is 1. The summed E-state index contributed by atoms with van der Waals surface area (Å²) in [6.45, 7) is 4.13. The molecule has 6 fully saturated rings. The van der Waals surface area contributed by atoms with E-state index in [4.69, 9.17) is 9.97 Å². The number of ketones is 4. The van der Waals surface area contributed by atoms with Crippen LogP contribution in [0.4, 0.5) is 10.3 Å². The predicted octanol–water partition coefficient (Wildman–Crippen LogP) is 8.85. The van der Waals surface area contributed by atoms with Crippen molar-refractivity contribution in [1.82, 2.24) is 9.97 Å². The molecule has 1 aromatic carbocycles. The topological polar surface area (TPSA) is 119 Å².